The van der Waals surface area contributed by atoms with Crippen LogP contribution in [0.3, 0.4) is 0 Å². The van der Waals surface area contributed by atoms with Gasteiger partial charge in [-0.3, -0.25) is 4.79 Å². The summed E-state index contributed by atoms with van der Waals surface area (Å²) in [5.41, 5.74) is 5.62. The van der Waals surface area contributed by atoms with Crippen molar-refractivity contribution in [2.24, 2.45) is 5.92 Å². The van der Waals surface area contributed by atoms with Crippen LogP contribution in [0, 0.1) is 12.8 Å². The van der Waals surface area contributed by atoms with E-state index in [4.69, 9.17) is 21.3 Å². The first-order valence-electron chi connectivity index (χ1n) is 13.4. The highest BCUT2D eigenvalue weighted by molar-refractivity contribution is 7.13. The summed E-state index contributed by atoms with van der Waals surface area (Å²) in [5.74, 6) is 1.43. The third-order valence-electron chi connectivity index (χ3n) is 7.54. The van der Waals surface area contributed by atoms with Gasteiger partial charge in [-0.05, 0) is 61.9 Å². The van der Waals surface area contributed by atoms with E-state index >= 15 is 0 Å². The van der Waals surface area contributed by atoms with Gasteiger partial charge in [0.25, 0.3) is 5.91 Å². The molecule has 1 N–H and O–H groups in total. The van der Waals surface area contributed by atoms with Gasteiger partial charge in [0.2, 0.25) is 0 Å². The molecule has 0 saturated heterocycles. The van der Waals surface area contributed by atoms with Crippen molar-refractivity contribution in [1.29, 1.82) is 0 Å². The fourth-order valence-electron chi connectivity index (χ4n) is 5.28. The van der Waals surface area contributed by atoms with Crippen molar-refractivity contribution in [3.05, 3.63) is 81.8 Å². The van der Waals surface area contributed by atoms with E-state index in [1.54, 1.807) is 18.4 Å². The average Bonchev–Trinajstić information content (AvgIpc) is 3.56. The number of hydrogen-bond acceptors (Lipinski definition) is 4. The van der Waals surface area contributed by atoms with Crippen molar-refractivity contribution in [2.75, 3.05) is 13.7 Å². The molecule has 0 bridgehead atoms. The van der Waals surface area contributed by atoms with E-state index in [-0.39, 0.29) is 5.91 Å². The van der Waals surface area contributed by atoms with Gasteiger partial charge in [-0.15, -0.1) is 11.3 Å². The van der Waals surface area contributed by atoms with Gasteiger partial charge in [0.15, 0.2) is 0 Å². The molecule has 2 heterocycles. The molecule has 1 amide bonds. The normalized spacial score (nSPS) is 14.0. The van der Waals surface area contributed by atoms with Crippen molar-refractivity contribution in [2.45, 2.75) is 52.0 Å². The smallest absolute Gasteiger partial charge is 0.253 e. The minimum absolute atomic E-state index is 0.000854. The number of aryl methyl sites for hydroxylation is 1. The van der Waals surface area contributed by atoms with Crippen LogP contribution in [0.2, 0.25) is 5.02 Å². The maximum Gasteiger partial charge on any atom is 0.253 e. The highest BCUT2D eigenvalue weighted by Crippen LogP contribution is 2.35. The molecule has 1 fully saturated rings. The van der Waals surface area contributed by atoms with Crippen molar-refractivity contribution in [3.8, 4) is 27.7 Å². The SMILES string of the molecule is COc1ccc(CCn2c(-c3csc(-c4ccccc4Cl)n3)cc(C(=O)NCC3CCCCC3)c2C)cc1. The Balaban J connectivity index is 1.43. The zero-order chi connectivity index (χ0) is 26.5. The number of rotatable bonds is 9. The highest BCUT2D eigenvalue weighted by Gasteiger charge is 2.22. The zero-order valence-corrected chi connectivity index (χ0v) is 23.6. The number of nitrogens with one attached hydrogen (secondary N) is 1. The quantitative estimate of drug-likeness (QED) is 0.232. The summed E-state index contributed by atoms with van der Waals surface area (Å²) in [6.45, 7) is 3.52. The second-order valence-corrected chi connectivity index (χ2v) is 11.3. The Hall–Kier alpha value is -3.09. The Kier molecular flexibility index (Phi) is 8.50. The van der Waals surface area contributed by atoms with Crippen molar-refractivity contribution in [3.63, 3.8) is 0 Å². The molecule has 198 valence electrons. The number of ether oxygens (including phenoxy) is 1. The van der Waals surface area contributed by atoms with Crippen LogP contribution in [0.5, 0.6) is 5.75 Å². The highest BCUT2D eigenvalue weighted by atomic mass is 35.5. The minimum Gasteiger partial charge on any atom is -0.497 e. The standard InChI is InChI=1S/C31H34ClN3O2S/c1-21-26(30(36)33-19-23-8-4-3-5-9-23)18-29(35(21)17-16-22-12-14-24(37-2)15-13-22)28-20-38-31(34-28)25-10-6-7-11-27(25)32/h6-7,10-15,18,20,23H,3-5,8-9,16-17,19H2,1-2H3,(H,33,36). The van der Waals surface area contributed by atoms with Gasteiger partial charge in [-0.1, -0.05) is 61.2 Å². The van der Waals surface area contributed by atoms with E-state index in [9.17, 15) is 4.79 Å². The van der Waals surface area contributed by atoms with Gasteiger partial charge < -0.3 is 14.6 Å². The minimum atomic E-state index is -0.000854. The summed E-state index contributed by atoms with van der Waals surface area (Å²) in [6, 6.07) is 17.9. The van der Waals surface area contributed by atoms with E-state index in [1.807, 2.05) is 49.4 Å². The van der Waals surface area contributed by atoms with Crippen LogP contribution in [0.15, 0.2) is 60.0 Å². The lowest BCUT2D eigenvalue weighted by Crippen LogP contribution is -2.30. The molecule has 5 nitrogen and oxygen atoms in total. The second-order valence-electron chi connectivity index (χ2n) is 10.0. The van der Waals surface area contributed by atoms with Crippen LogP contribution in [0.25, 0.3) is 22.0 Å². The number of nitrogens with zero attached hydrogens (tertiary/aromatic N) is 2. The van der Waals surface area contributed by atoms with Crippen LogP contribution in [0.4, 0.5) is 0 Å². The summed E-state index contributed by atoms with van der Waals surface area (Å²) >= 11 is 8.02. The van der Waals surface area contributed by atoms with Crippen LogP contribution < -0.4 is 10.1 Å². The van der Waals surface area contributed by atoms with Crippen molar-refractivity contribution >= 4 is 28.8 Å². The predicted octanol–water partition coefficient (Wildman–Crippen LogP) is 7.80. The molecule has 7 heteroatoms. The first kappa shape index (κ1) is 26.5. The number of carbonyl (C=O) groups is 1. The molecule has 0 spiro atoms. The van der Waals surface area contributed by atoms with E-state index in [1.165, 1.54) is 37.7 Å². The molecule has 1 aliphatic carbocycles. The van der Waals surface area contributed by atoms with Gasteiger partial charge in [0.1, 0.15) is 10.8 Å². The molecule has 5 rings (SSSR count). The summed E-state index contributed by atoms with van der Waals surface area (Å²) in [7, 11) is 1.68. The number of benzene rings is 2. The first-order valence-corrected chi connectivity index (χ1v) is 14.6. The third-order valence-corrected chi connectivity index (χ3v) is 8.75. The second kappa shape index (κ2) is 12.2. The summed E-state index contributed by atoms with van der Waals surface area (Å²) in [6.07, 6.45) is 7.09. The first-order chi connectivity index (χ1) is 18.5. The van der Waals surface area contributed by atoms with Gasteiger partial charge in [-0.2, -0.15) is 0 Å². The van der Waals surface area contributed by atoms with E-state index in [2.05, 4.69) is 27.4 Å². The molecule has 1 aliphatic rings. The maximum atomic E-state index is 13.3. The maximum absolute atomic E-state index is 13.3. The fraction of sp³-hybridized carbons (Fsp3) is 0.355. The lowest BCUT2D eigenvalue weighted by Gasteiger charge is -2.21. The van der Waals surface area contributed by atoms with Crippen molar-refractivity contribution in [1.82, 2.24) is 14.9 Å². The summed E-state index contributed by atoms with van der Waals surface area (Å²) < 4.78 is 7.53. The predicted molar refractivity (Wildman–Crippen MR) is 156 cm³/mol. The molecule has 2 aromatic carbocycles. The Labute approximate surface area is 233 Å². The number of halogens is 1. The molecular weight excluding hydrogens is 514 g/mol. The molecule has 1 saturated carbocycles. The topological polar surface area (TPSA) is 56.2 Å². The zero-order valence-electron chi connectivity index (χ0n) is 22.0. The molecule has 0 unspecified atom stereocenters. The van der Waals surface area contributed by atoms with E-state index in [0.717, 1.165) is 58.5 Å². The Bertz CT molecular complexity index is 1390. The van der Waals surface area contributed by atoms with Crippen LogP contribution in [-0.2, 0) is 13.0 Å². The molecular formula is C31H34ClN3O2S. The van der Waals surface area contributed by atoms with Crippen molar-refractivity contribution < 1.29 is 9.53 Å². The van der Waals surface area contributed by atoms with Crippen LogP contribution in [-0.4, -0.2) is 29.1 Å². The van der Waals surface area contributed by atoms with Gasteiger partial charge in [0, 0.05) is 29.7 Å². The number of amides is 1. The number of aromatic nitrogens is 2. The molecule has 4 aromatic rings. The Morgan fingerprint density at radius 2 is 1.89 bits per heavy atom. The van der Waals surface area contributed by atoms with Crippen LogP contribution >= 0.6 is 22.9 Å². The third kappa shape index (κ3) is 5.97. The molecule has 0 radical (unpaired) electrons. The molecule has 38 heavy (non-hydrogen) atoms. The average molecular weight is 548 g/mol. The molecule has 0 aliphatic heterocycles. The lowest BCUT2D eigenvalue weighted by atomic mass is 9.89. The number of carbonyl (C=O) groups excluding carboxylic acids is 1. The molecule has 0 atom stereocenters. The van der Waals surface area contributed by atoms with E-state index < -0.39 is 0 Å². The van der Waals surface area contributed by atoms with Gasteiger partial charge in [0.05, 0.1) is 29.1 Å². The number of thiazole rings is 1. The Morgan fingerprint density at radius 3 is 2.63 bits per heavy atom. The summed E-state index contributed by atoms with van der Waals surface area (Å²) in [5, 5.41) is 6.83. The monoisotopic (exact) mass is 547 g/mol. The van der Waals surface area contributed by atoms with E-state index in [0.29, 0.717) is 10.9 Å². The summed E-state index contributed by atoms with van der Waals surface area (Å²) in [4.78, 5) is 18.3. The fourth-order valence-corrected chi connectivity index (χ4v) is 6.42. The largest absolute Gasteiger partial charge is 0.497 e. The number of hydrogen-bond donors (Lipinski definition) is 1. The van der Waals surface area contributed by atoms with Crippen LogP contribution in [0.1, 0.15) is 53.7 Å². The van der Waals surface area contributed by atoms with Gasteiger partial charge in [-0.25, -0.2) is 4.98 Å². The number of methoxy groups -OCH3 is 1. The Morgan fingerprint density at radius 1 is 1.13 bits per heavy atom. The lowest BCUT2D eigenvalue weighted by molar-refractivity contribution is 0.0943. The van der Waals surface area contributed by atoms with Gasteiger partial charge >= 0.3 is 0 Å². The molecule has 2 aromatic heterocycles.